The summed E-state index contributed by atoms with van der Waals surface area (Å²) in [6.07, 6.45) is 1.39. The van der Waals surface area contributed by atoms with E-state index in [2.05, 4.69) is 4.98 Å². The van der Waals surface area contributed by atoms with E-state index in [9.17, 15) is 0 Å². The van der Waals surface area contributed by atoms with Crippen molar-refractivity contribution in [1.29, 1.82) is 0 Å². The van der Waals surface area contributed by atoms with E-state index in [1.807, 2.05) is 24.3 Å². The zero-order chi connectivity index (χ0) is 10.9. The molecule has 78 valence electrons. The molecule has 0 saturated carbocycles. The quantitative estimate of drug-likeness (QED) is 0.675. The van der Waals surface area contributed by atoms with Crippen LogP contribution >= 0.6 is 7.94 Å². The second-order valence-electron chi connectivity index (χ2n) is 3.39. The predicted molar refractivity (Wildman–Crippen MR) is 59.0 cm³/mol. The highest BCUT2D eigenvalue weighted by Gasteiger charge is 2.30. The van der Waals surface area contributed by atoms with Gasteiger partial charge in [0, 0.05) is 17.1 Å². The van der Waals surface area contributed by atoms with Gasteiger partial charge in [-0.3, -0.25) is 4.98 Å². The molecule has 15 heavy (non-hydrogen) atoms. The van der Waals surface area contributed by atoms with Gasteiger partial charge >= 0.3 is 7.94 Å². The zero-order valence-corrected chi connectivity index (χ0v) is 8.80. The fraction of sp³-hybridized carbons (Fsp3) is 0.100. The van der Waals surface area contributed by atoms with Gasteiger partial charge in [0.1, 0.15) is 0 Å². The minimum absolute atomic E-state index is 0.148. The number of nitrogens with zero attached hydrogens (tertiary/aromatic N) is 1. The maximum Gasteiger partial charge on any atom is 0.408 e. The summed E-state index contributed by atoms with van der Waals surface area (Å²) in [6.45, 7) is 0. The average molecular weight is 224 g/mol. The number of aromatic nitrogens is 1. The molecule has 0 aliphatic heterocycles. The van der Waals surface area contributed by atoms with Crippen LogP contribution in [-0.2, 0) is 6.16 Å². The number of hydrogen-bond acceptors (Lipinski definition) is 4. The maximum atomic E-state index is 8.94. The molecule has 0 fully saturated rings. The van der Waals surface area contributed by atoms with Crippen LogP contribution in [0.3, 0.4) is 0 Å². The van der Waals surface area contributed by atoms with E-state index >= 15 is 0 Å². The number of fused-ring (bicyclic) bond motifs is 1. The van der Waals surface area contributed by atoms with Crippen molar-refractivity contribution in [1.82, 2.24) is 4.98 Å². The fourth-order valence-electron chi connectivity index (χ4n) is 1.45. The highest BCUT2D eigenvalue weighted by Crippen LogP contribution is 2.48. The molecule has 1 aromatic carbocycles. The van der Waals surface area contributed by atoms with Gasteiger partial charge < -0.3 is 0 Å². The normalized spacial score (nSPS) is 11.9. The molecule has 0 unspecified atom stereocenters. The molecule has 0 saturated heterocycles. The van der Waals surface area contributed by atoms with Crippen molar-refractivity contribution >= 4 is 18.8 Å². The van der Waals surface area contributed by atoms with E-state index in [4.69, 9.17) is 14.7 Å². The molecule has 0 amide bonds. The molecule has 1 aromatic heterocycles. The average Bonchev–Trinajstić information content (AvgIpc) is 2.15. The van der Waals surface area contributed by atoms with E-state index in [1.54, 1.807) is 12.3 Å². The largest absolute Gasteiger partial charge is 0.408 e. The van der Waals surface area contributed by atoms with Crippen LogP contribution in [0.5, 0.6) is 0 Å². The van der Waals surface area contributed by atoms with Gasteiger partial charge in [-0.2, -0.15) is 14.7 Å². The SMILES string of the molecule is O[P+](O)(O)Cc1cnc2ccccc2c1. The third kappa shape index (κ3) is 2.70. The Bertz CT molecular complexity index is 481. The third-order valence-corrected chi connectivity index (χ3v) is 2.83. The first kappa shape index (κ1) is 10.5. The highest BCUT2D eigenvalue weighted by atomic mass is 31.2. The Kier molecular flexibility index (Phi) is 2.67. The molecule has 0 aliphatic rings. The second kappa shape index (κ2) is 3.83. The van der Waals surface area contributed by atoms with E-state index in [0.29, 0.717) is 5.56 Å². The number of hydrogen-bond donors (Lipinski definition) is 3. The highest BCUT2D eigenvalue weighted by molar-refractivity contribution is 7.57. The van der Waals surface area contributed by atoms with Crippen molar-refractivity contribution in [3.8, 4) is 0 Å². The van der Waals surface area contributed by atoms with Gasteiger partial charge in [0.05, 0.1) is 5.52 Å². The molecule has 1 heterocycles. The Morgan fingerprint density at radius 3 is 2.60 bits per heavy atom. The molecule has 4 nitrogen and oxygen atoms in total. The molecular weight excluding hydrogens is 213 g/mol. The van der Waals surface area contributed by atoms with Crippen LogP contribution in [0.2, 0.25) is 0 Å². The van der Waals surface area contributed by atoms with Crippen molar-refractivity contribution in [3.05, 3.63) is 42.1 Å². The summed E-state index contributed by atoms with van der Waals surface area (Å²) in [5.41, 5.74) is 1.47. The fourth-order valence-corrected chi connectivity index (χ4v) is 2.11. The van der Waals surface area contributed by atoms with Crippen LogP contribution in [-0.4, -0.2) is 19.7 Å². The monoisotopic (exact) mass is 224 g/mol. The van der Waals surface area contributed by atoms with Crippen LogP contribution in [0.4, 0.5) is 0 Å². The lowest BCUT2D eigenvalue weighted by atomic mass is 10.2. The summed E-state index contributed by atoms with van der Waals surface area (Å²) < 4.78 is 0. The number of pyridine rings is 1. The Hall–Kier alpha value is -1.06. The smallest absolute Gasteiger partial charge is 0.256 e. The van der Waals surface area contributed by atoms with E-state index in [-0.39, 0.29) is 6.16 Å². The topological polar surface area (TPSA) is 73.6 Å². The summed E-state index contributed by atoms with van der Waals surface area (Å²) >= 11 is 0. The van der Waals surface area contributed by atoms with Crippen LogP contribution in [0.25, 0.3) is 10.9 Å². The molecule has 0 aliphatic carbocycles. The maximum absolute atomic E-state index is 8.94. The van der Waals surface area contributed by atoms with E-state index in [0.717, 1.165) is 10.9 Å². The Labute approximate surface area is 87.4 Å². The standard InChI is InChI=1S/C10H11NO3P/c12-15(13,14)7-8-5-9-3-1-2-4-10(9)11-6-8/h1-6,12-14H,7H2/q+1. The summed E-state index contributed by atoms with van der Waals surface area (Å²) in [5, 5.41) is 0.920. The van der Waals surface area contributed by atoms with Gasteiger partial charge in [-0.1, -0.05) is 18.2 Å². The summed E-state index contributed by atoms with van der Waals surface area (Å²) in [4.78, 5) is 31.0. The van der Waals surface area contributed by atoms with E-state index < -0.39 is 7.94 Å². The molecule has 3 N–H and O–H groups in total. The van der Waals surface area contributed by atoms with E-state index in [1.165, 1.54) is 0 Å². The Morgan fingerprint density at radius 2 is 1.87 bits per heavy atom. The predicted octanol–water partition coefficient (Wildman–Crippen LogP) is 1.47. The van der Waals surface area contributed by atoms with Crippen LogP contribution in [0, 0.1) is 0 Å². The van der Waals surface area contributed by atoms with Crippen molar-refractivity contribution in [2.45, 2.75) is 6.16 Å². The molecular formula is C10H11NO3P+. The van der Waals surface area contributed by atoms with Crippen molar-refractivity contribution in [2.75, 3.05) is 0 Å². The van der Waals surface area contributed by atoms with Crippen molar-refractivity contribution in [2.24, 2.45) is 0 Å². The van der Waals surface area contributed by atoms with Gasteiger partial charge in [0.15, 0.2) is 6.16 Å². The molecule has 0 spiro atoms. The molecule has 0 radical (unpaired) electrons. The first-order valence-corrected chi connectivity index (χ1v) is 6.28. The molecule has 5 heteroatoms. The Balaban J connectivity index is 2.39. The lowest BCUT2D eigenvalue weighted by Crippen LogP contribution is -1.94. The third-order valence-electron chi connectivity index (χ3n) is 2.04. The minimum Gasteiger partial charge on any atom is -0.256 e. The summed E-state index contributed by atoms with van der Waals surface area (Å²) in [6, 6.07) is 9.32. The minimum atomic E-state index is -3.76. The first-order chi connectivity index (χ1) is 7.04. The summed E-state index contributed by atoms with van der Waals surface area (Å²) in [5.74, 6) is 0. The molecule has 2 rings (SSSR count). The molecule has 0 atom stereocenters. The number of rotatable bonds is 2. The molecule has 2 aromatic rings. The van der Waals surface area contributed by atoms with Crippen molar-refractivity contribution < 1.29 is 14.7 Å². The van der Waals surface area contributed by atoms with Gasteiger partial charge in [-0.15, -0.1) is 0 Å². The first-order valence-electron chi connectivity index (χ1n) is 4.44. The van der Waals surface area contributed by atoms with Gasteiger partial charge in [0.25, 0.3) is 0 Å². The number of para-hydroxylation sites is 1. The second-order valence-corrected chi connectivity index (χ2v) is 5.09. The molecule has 0 bridgehead atoms. The zero-order valence-electron chi connectivity index (χ0n) is 7.91. The lowest BCUT2D eigenvalue weighted by molar-refractivity contribution is 0.329. The van der Waals surface area contributed by atoms with Gasteiger partial charge in [0.2, 0.25) is 0 Å². The van der Waals surface area contributed by atoms with Crippen LogP contribution in [0.1, 0.15) is 5.56 Å². The van der Waals surface area contributed by atoms with Crippen molar-refractivity contribution in [3.63, 3.8) is 0 Å². The summed E-state index contributed by atoms with van der Waals surface area (Å²) in [7, 11) is -3.76. The van der Waals surface area contributed by atoms with Gasteiger partial charge in [-0.25, -0.2) is 0 Å². The number of benzene rings is 1. The Morgan fingerprint density at radius 1 is 1.13 bits per heavy atom. The van der Waals surface area contributed by atoms with Gasteiger partial charge in [-0.05, 0) is 12.1 Å². The lowest BCUT2D eigenvalue weighted by Gasteiger charge is -2.04. The van der Waals surface area contributed by atoms with Crippen LogP contribution < -0.4 is 0 Å². The van der Waals surface area contributed by atoms with Crippen LogP contribution in [0.15, 0.2) is 36.5 Å².